The van der Waals surface area contributed by atoms with E-state index in [0.717, 1.165) is 5.56 Å². The summed E-state index contributed by atoms with van der Waals surface area (Å²) in [5.74, 6) is -0.499. The Morgan fingerprint density at radius 2 is 2.08 bits per heavy atom. The number of hydrogen-bond donors (Lipinski definition) is 0. The summed E-state index contributed by atoms with van der Waals surface area (Å²) >= 11 is 5.86. The summed E-state index contributed by atoms with van der Waals surface area (Å²) in [5.41, 5.74) is 1.61. The first-order valence-corrected chi connectivity index (χ1v) is 7.52. The predicted octanol–water partition coefficient (Wildman–Crippen LogP) is 3.00. The molecular weight excluding hydrogens is 334 g/mol. The Hall–Kier alpha value is -2.73. The third-order valence-corrected chi connectivity index (χ3v) is 3.69. The van der Waals surface area contributed by atoms with Crippen LogP contribution in [0.3, 0.4) is 0 Å². The predicted molar refractivity (Wildman–Crippen MR) is 88.3 cm³/mol. The number of fused-ring (bicyclic) bond motifs is 1. The molecule has 0 aliphatic rings. The van der Waals surface area contributed by atoms with Crippen molar-refractivity contribution in [3.63, 3.8) is 0 Å². The number of ether oxygens (including phenoxy) is 2. The third kappa shape index (κ3) is 3.44. The van der Waals surface area contributed by atoms with Crippen molar-refractivity contribution in [2.75, 3.05) is 7.11 Å². The lowest BCUT2D eigenvalue weighted by Gasteiger charge is -2.07. The van der Waals surface area contributed by atoms with Gasteiger partial charge in [-0.25, -0.2) is 4.79 Å². The van der Waals surface area contributed by atoms with E-state index in [9.17, 15) is 9.59 Å². The number of oxazole rings is 1. The summed E-state index contributed by atoms with van der Waals surface area (Å²) in [7, 11) is 1.56. The van der Waals surface area contributed by atoms with E-state index in [-0.39, 0.29) is 13.2 Å². The van der Waals surface area contributed by atoms with Crippen LogP contribution in [0.5, 0.6) is 5.75 Å². The summed E-state index contributed by atoms with van der Waals surface area (Å²) in [6, 6.07) is 12.0. The monoisotopic (exact) mass is 347 g/mol. The van der Waals surface area contributed by atoms with Crippen LogP contribution >= 0.6 is 11.6 Å². The second kappa shape index (κ2) is 6.80. The molecule has 6 nitrogen and oxygen atoms in total. The number of carbonyl (C=O) groups excluding carboxylic acids is 1. The standard InChI is InChI=1S/C17H14ClNO5/c1-22-13-4-2-3-11(7-13)10-23-16(20)9-19-14-6-5-12(18)8-15(14)24-17(19)21/h2-8H,9-10H2,1H3. The fourth-order valence-corrected chi connectivity index (χ4v) is 2.45. The van der Waals surface area contributed by atoms with E-state index in [4.69, 9.17) is 25.5 Å². The van der Waals surface area contributed by atoms with Gasteiger partial charge in [0, 0.05) is 11.1 Å². The van der Waals surface area contributed by atoms with Gasteiger partial charge in [-0.2, -0.15) is 0 Å². The molecule has 2 aromatic carbocycles. The van der Waals surface area contributed by atoms with Crippen LogP contribution in [0.2, 0.25) is 5.02 Å². The number of benzene rings is 2. The number of rotatable bonds is 5. The minimum Gasteiger partial charge on any atom is -0.497 e. The molecule has 1 heterocycles. The topological polar surface area (TPSA) is 70.7 Å². The third-order valence-electron chi connectivity index (χ3n) is 3.45. The van der Waals surface area contributed by atoms with E-state index in [0.29, 0.717) is 21.9 Å². The number of aromatic nitrogens is 1. The van der Waals surface area contributed by atoms with Crippen molar-refractivity contribution in [3.05, 3.63) is 63.6 Å². The molecule has 0 saturated heterocycles. The van der Waals surface area contributed by atoms with Crippen molar-refractivity contribution in [1.82, 2.24) is 4.57 Å². The van der Waals surface area contributed by atoms with Crippen molar-refractivity contribution in [3.8, 4) is 5.75 Å². The van der Waals surface area contributed by atoms with Crippen LogP contribution in [-0.4, -0.2) is 17.6 Å². The molecule has 0 aliphatic carbocycles. The van der Waals surface area contributed by atoms with Gasteiger partial charge in [0.05, 0.1) is 12.6 Å². The Bertz CT molecular complexity index is 944. The zero-order valence-corrected chi connectivity index (χ0v) is 13.6. The van der Waals surface area contributed by atoms with Gasteiger partial charge >= 0.3 is 11.7 Å². The molecule has 3 rings (SSSR count). The van der Waals surface area contributed by atoms with Gasteiger partial charge in [-0.05, 0) is 29.8 Å². The van der Waals surface area contributed by atoms with Crippen LogP contribution < -0.4 is 10.5 Å². The molecule has 0 spiro atoms. The molecule has 3 aromatic rings. The van der Waals surface area contributed by atoms with Crippen molar-refractivity contribution >= 4 is 28.7 Å². The molecule has 0 aliphatic heterocycles. The van der Waals surface area contributed by atoms with Gasteiger partial charge in [-0.15, -0.1) is 0 Å². The second-order valence-corrected chi connectivity index (χ2v) is 5.51. The molecule has 0 N–H and O–H groups in total. The van der Waals surface area contributed by atoms with Crippen LogP contribution in [0.15, 0.2) is 51.7 Å². The Morgan fingerprint density at radius 1 is 1.25 bits per heavy atom. The van der Waals surface area contributed by atoms with Gasteiger partial charge in [-0.3, -0.25) is 9.36 Å². The summed E-state index contributed by atoms with van der Waals surface area (Å²) in [6.07, 6.45) is 0. The molecule has 0 unspecified atom stereocenters. The van der Waals surface area contributed by atoms with Crippen LogP contribution in [0.4, 0.5) is 0 Å². The van der Waals surface area contributed by atoms with Gasteiger partial charge in [0.25, 0.3) is 0 Å². The second-order valence-electron chi connectivity index (χ2n) is 5.08. The number of esters is 1. The van der Waals surface area contributed by atoms with Crippen molar-refractivity contribution in [2.45, 2.75) is 13.2 Å². The minimum absolute atomic E-state index is 0.0897. The first-order valence-electron chi connectivity index (χ1n) is 7.14. The Morgan fingerprint density at radius 3 is 2.88 bits per heavy atom. The highest BCUT2D eigenvalue weighted by molar-refractivity contribution is 6.31. The quantitative estimate of drug-likeness (QED) is 0.663. The average molecular weight is 348 g/mol. The maximum atomic E-state index is 12.0. The van der Waals surface area contributed by atoms with E-state index < -0.39 is 11.7 Å². The summed E-state index contributed by atoms with van der Waals surface area (Å²) < 4.78 is 16.6. The molecule has 0 fully saturated rings. The first-order chi connectivity index (χ1) is 11.6. The van der Waals surface area contributed by atoms with Crippen LogP contribution in [0, 0.1) is 0 Å². The van der Waals surface area contributed by atoms with E-state index in [1.807, 2.05) is 6.07 Å². The summed E-state index contributed by atoms with van der Waals surface area (Å²) in [6.45, 7) is -0.149. The fraction of sp³-hybridized carbons (Fsp3) is 0.176. The summed E-state index contributed by atoms with van der Waals surface area (Å²) in [4.78, 5) is 23.9. The number of halogens is 1. The zero-order valence-electron chi connectivity index (χ0n) is 12.8. The Balaban J connectivity index is 1.71. The summed E-state index contributed by atoms with van der Waals surface area (Å²) in [5, 5.41) is 0.448. The molecule has 1 aromatic heterocycles. The smallest absolute Gasteiger partial charge is 0.420 e. The van der Waals surface area contributed by atoms with Gasteiger partial charge in [-0.1, -0.05) is 23.7 Å². The SMILES string of the molecule is COc1cccc(COC(=O)Cn2c(=O)oc3cc(Cl)ccc32)c1. The maximum absolute atomic E-state index is 12.0. The Labute approximate surface area is 142 Å². The highest BCUT2D eigenvalue weighted by Crippen LogP contribution is 2.18. The van der Waals surface area contributed by atoms with Crippen LogP contribution in [0.25, 0.3) is 11.1 Å². The van der Waals surface area contributed by atoms with Crippen LogP contribution in [-0.2, 0) is 22.7 Å². The molecule has 24 heavy (non-hydrogen) atoms. The minimum atomic E-state index is -0.634. The van der Waals surface area contributed by atoms with E-state index >= 15 is 0 Å². The van der Waals surface area contributed by atoms with Gasteiger partial charge in [0.2, 0.25) is 0 Å². The molecular formula is C17H14ClNO5. The van der Waals surface area contributed by atoms with Gasteiger partial charge in [0.15, 0.2) is 5.58 Å². The molecule has 0 saturated carbocycles. The van der Waals surface area contributed by atoms with E-state index in [1.165, 1.54) is 10.6 Å². The van der Waals surface area contributed by atoms with E-state index in [1.54, 1.807) is 37.4 Å². The number of hydrogen-bond acceptors (Lipinski definition) is 5. The molecule has 0 amide bonds. The maximum Gasteiger partial charge on any atom is 0.420 e. The molecule has 7 heteroatoms. The van der Waals surface area contributed by atoms with Crippen molar-refractivity contribution in [2.24, 2.45) is 0 Å². The van der Waals surface area contributed by atoms with Gasteiger partial charge in [0.1, 0.15) is 18.9 Å². The number of methoxy groups -OCH3 is 1. The molecule has 0 atom stereocenters. The number of carbonyl (C=O) groups is 1. The molecule has 0 radical (unpaired) electrons. The fourth-order valence-electron chi connectivity index (χ4n) is 2.29. The lowest BCUT2D eigenvalue weighted by atomic mass is 10.2. The highest BCUT2D eigenvalue weighted by atomic mass is 35.5. The highest BCUT2D eigenvalue weighted by Gasteiger charge is 2.14. The largest absolute Gasteiger partial charge is 0.497 e. The van der Waals surface area contributed by atoms with Crippen molar-refractivity contribution < 1.29 is 18.7 Å². The van der Waals surface area contributed by atoms with Gasteiger partial charge < -0.3 is 13.9 Å². The Kier molecular flexibility index (Phi) is 4.57. The average Bonchev–Trinajstić information content (AvgIpc) is 2.88. The normalized spacial score (nSPS) is 10.8. The van der Waals surface area contributed by atoms with E-state index in [2.05, 4.69) is 0 Å². The first kappa shape index (κ1) is 16.1. The lowest BCUT2D eigenvalue weighted by Crippen LogP contribution is -2.21. The lowest BCUT2D eigenvalue weighted by molar-refractivity contribution is -0.145. The van der Waals surface area contributed by atoms with Crippen molar-refractivity contribution in [1.29, 1.82) is 0 Å². The van der Waals surface area contributed by atoms with Crippen LogP contribution in [0.1, 0.15) is 5.56 Å². The zero-order chi connectivity index (χ0) is 17.1. The number of nitrogens with zero attached hydrogens (tertiary/aromatic N) is 1. The molecule has 124 valence electrons. The molecule has 0 bridgehead atoms.